The quantitative estimate of drug-likeness (QED) is 0.662. The molecule has 1 heteroatoms. The number of hydrogen-bond acceptors (Lipinski definition) is 1. The van der Waals surface area contributed by atoms with Gasteiger partial charge in [0.05, 0.1) is 6.61 Å². The van der Waals surface area contributed by atoms with Gasteiger partial charge in [-0.25, -0.2) is 0 Å². The summed E-state index contributed by atoms with van der Waals surface area (Å²) < 4.78 is 5.36. The molecule has 63 valence electrons. The van der Waals surface area contributed by atoms with E-state index in [4.69, 9.17) is 4.74 Å². The summed E-state index contributed by atoms with van der Waals surface area (Å²) >= 11 is 0. The van der Waals surface area contributed by atoms with Crippen LogP contribution in [0.1, 0.15) is 18.1 Å². The van der Waals surface area contributed by atoms with Crippen LogP contribution in [0.4, 0.5) is 0 Å². The summed E-state index contributed by atoms with van der Waals surface area (Å²) in [7, 11) is 0. The maximum absolute atomic E-state index is 5.36. The molecule has 0 aliphatic carbocycles. The van der Waals surface area contributed by atoms with Gasteiger partial charge in [-0.15, -0.1) is 0 Å². The van der Waals surface area contributed by atoms with Crippen molar-refractivity contribution in [1.82, 2.24) is 0 Å². The number of benzene rings is 1. The highest BCUT2D eigenvalue weighted by Gasteiger charge is 1.95. The molecule has 1 rings (SSSR count). The van der Waals surface area contributed by atoms with E-state index in [0.29, 0.717) is 6.61 Å². The van der Waals surface area contributed by atoms with E-state index < -0.39 is 0 Å². The lowest BCUT2D eigenvalue weighted by Gasteiger charge is -2.04. The molecule has 0 heterocycles. The third-order valence-electron chi connectivity index (χ3n) is 1.57. The van der Waals surface area contributed by atoms with E-state index in [9.17, 15) is 0 Å². The minimum absolute atomic E-state index is 0.694. The molecule has 0 fully saturated rings. The van der Waals surface area contributed by atoms with Crippen LogP contribution >= 0.6 is 0 Å². The lowest BCUT2D eigenvalue weighted by molar-refractivity contribution is 0.340. The summed E-state index contributed by atoms with van der Waals surface area (Å²) in [5.41, 5.74) is 2.16. The summed E-state index contributed by atoms with van der Waals surface area (Å²) in [6, 6.07) is 5.96. The third-order valence-corrected chi connectivity index (χ3v) is 1.57. The molecule has 0 spiro atoms. The highest BCUT2D eigenvalue weighted by Crippen LogP contribution is 2.16. The molecule has 0 aromatic heterocycles. The Morgan fingerprint density at radius 1 is 1.42 bits per heavy atom. The second kappa shape index (κ2) is 3.96. The van der Waals surface area contributed by atoms with Gasteiger partial charge in [-0.05, 0) is 43.2 Å². The minimum atomic E-state index is 0.694. The van der Waals surface area contributed by atoms with Gasteiger partial charge in [0.2, 0.25) is 0 Å². The molecule has 0 atom stereocenters. The summed E-state index contributed by atoms with van der Waals surface area (Å²) in [5, 5.41) is 0. The Morgan fingerprint density at radius 3 is 2.75 bits per heavy atom. The third kappa shape index (κ3) is 2.12. The first-order chi connectivity index (χ1) is 5.76. The molecule has 1 aromatic rings. The fraction of sp³-hybridized carbons (Fsp3) is 0.273. The summed E-state index contributed by atoms with van der Waals surface area (Å²) in [4.78, 5) is 0. The smallest absolute Gasteiger partial charge is 0.120 e. The van der Waals surface area contributed by atoms with E-state index in [-0.39, 0.29) is 0 Å². The normalized spacial score (nSPS) is 9.50. The van der Waals surface area contributed by atoms with Crippen molar-refractivity contribution in [3.05, 3.63) is 42.0 Å². The lowest BCUT2D eigenvalue weighted by atomic mass is 10.1. The molecule has 1 aromatic carbocycles. The Kier molecular flexibility index (Phi) is 2.92. The molecule has 0 aliphatic heterocycles. The first-order valence-electron chi connectivity index (χ1n) is 4.04. The summed E-state index contributed by atoms with van der Waals surface area (Å²) in [6.45, 7) is 8.29. The van der Waals surface area contributed by atoms with Crippen LogP contribution in [0.2, 0.25) is 0 Å². The van der Waals surface area contributed by atoms with Crippen LogP contribution in [0.3, 0.4) is 0 Å². The topological polar surface area (TPSA) is 9.23 Å². The van der Waals surface area contributed by atoms with Gasteiger partial charge in [-0.1, -0.05) is 12.6 Å². The molecule has 0 amide bonds. The number of hydrogen-bond donors (Lipinski definition) is 0. The first kappa shape index (κ1) is 8.85. The largest absolute Gasteiger partial charge is 0.494 e. The van der Waals surface area contributed by atoms with E-state index in [0.717, 1.165) is 11.3 Å². The van der Waals surface area contributed by atoms with Gasteiger partial charge in [-0.2, -0.15) is 0 Å². The van der Waals surface area contributed by atoms with Crippen molar-refractivity contribution in [3.63, 3.8) is 0 Å². The number of ether oxygens (including phenoxy) is 1. The average molecular weight is 161 g/mol. The van der Waals surface area contributed by atoms with Gasteiger partial charge >= 0.3 is 0 Å². The van der Waals surface area contributed by atoms with Crippen LogP contribution in [-0.4, -0.2) is 6.61 Å². The second-order valence-electron chi connectivity index (χ2n) is 2.64. The second-order valence-corrected chi connectivity index (χ2v) is 2.64. The Morgan fingerprint density at radius 2 is 2.17 bits per heavy atom. The van der Waals surface area contributed by atoms with Gasteiger partial charge in [0.25, 0.3) is 0 Å². The molecule has 0 N–H and O–H groups in total. The Hall–Kier alpha value is -1.24. The van der Waals surface area contributed by atoms with E-state index in [1.165, 1.54) is 5.56 Å². The van der Waals surface area contributed by atoms with Gasteiger partial charge in [0.15, 0.2) is 0 Å². The molecule has 1 radical (unpaired) electrons. The zero-order chi connectivity index (χ0) is 8.97. The van der Waals surface area contributed by atoms with Crippen molar-refractivity contribution in [1.29, 1.82) is 0 Å². The van der Waals surface area contributed by atoms with Gasteiger partial charge in [0.1, 0.15) is 5.75 Å². The Bertz CT molecular complexity index is 276. The summed E-state index contributed by atoms with van der Waals surface area (Å²) in [6.07, 6.45) is 2.84. The average Bonchev–Trinajstić information content (AvgIpc) is 2.04. The van der Waals surface area contributed by atoms with Gasteiger partial charge in [-0.3, -0.25) is 0 Å². The van der Waals surface area contributed by atoms with Crippen molar-refractivity contribution in [2.24, 2.45) is 0 Å². The highest BCUT2D eigenvalue weighted by atomic mass is 16.5. The molecule has 1 nitrogen and oxygen atoms in total. The molecular formula is C11H13O. The molecule has 0 saturated heterocycles. The standard InChI is InChI=1S/C11H13O/c1-4-10-6-9(3)7-11(8-10)12-5-2/h6-8H,1,5H2,2-3H3. The Labute approximate surface area is 73.7 Å². The van der Waals surface area contributed by atoms with Crippen LogP contribution in [0.25, 0.3) is 0 Å². The minimum Gasteiger partial charge on any atom is -0.494 e. The zero-order valence-corrected chi connectivity index (χ0v) is 7.55. The molecule has 0 aliphatic rings. The molecule has 0 unspecified atom stereocenters. The fourth-order valence-electron chi connectivity index (χ4n) is 1.10. The predicted octanol–water partition coefficient (Wildman–Crippen LogP) is 2.73. The first-order valence-corrected chi connectivity index (χ1v) is 4.04. The van der Waals surface area contributed by atoms with Crippen LogP contribution in [0.15, 0.2) is 24.8 Å². The monoisotopic (exact) mass is 161 g/mol. The van der Waals surface area contributed by atoms with Crippen LogP contribution in [0.5, 0.6) is 5.75 Å². The van der Waals surface area contributed by atoms with Gasteiger partial charge < -0.3 is 4.74 Å². The SMILES string of the molecule is C=[C]c1cc(C)cc(OCC)c1. The molecule has 12 heavy (non-hydrogen) atoms. The molecule has 0 bridgehead atoms. The predicted molar refractivity (Wildman–Crippen MR) is 50.3 cm³/mol. The van der Waals surface area contributed by atoms with Crippen molar-refractivity contribution in [2.75, 3.05) is 6.61 Å². The van der Waals surface area contributed by atoms with E-state index in [1.54, 1.807) is 0 Å². The highest BCUT2D eigenvalue weighted by molar-refractivity contribution is 5.36. The van der Waals surface area contributed by atoms with E-state index in [1.807, 2.05) is 32.0 Å². The van der Waals surface area contributed by atoms with Crippen molar-refractivity contribution in [2.45, 2.75) is 13.8 Å². The number of aryl methyl sites for hydroxylation is 1. The van der Waals surface area contributed by atoms with Crippen LogP contribution in [0, 0.1) is 13.0 Å². The van der Waals surface area contributed by atoms with Crippen molar-refractivity contribution >= 4 is 0 Å². The van der Waals surface area contributed by atoms with E-state index in [2.05, 4.69) is 12.7 Å². The van der Waals surface area contributed by atoms with E-state index >= 15 is 0 Å². The zero-order valence-electron chi connectivity index (χ0n) is 7.55. The maximum Gasteiger partial charge on any atom is 0.120 e. The lowest BCUT2D eigenvalue weighted by Crippen LogP contribution is -1.92. The maximum atomic E-state index is 5.36. The molecule has 0 saturated carbocycles. The number of rotatable bonds is 3. The van der Waals surface area contributed by atoms with Gasteiger partial charge in [0, 0.05) is 0 Å². The van der Waals surface area contributed by atoms with Crippen LogP contribution < -0.4 is 4.74 Å². The van der Waals surface area contributed by atoms with Crippen LogP contribution in [-0.2, 0) is 0 Å². The molecular weight excluding hydrogens is 148 g/mol. The Balaban J connectivity index is 2.97. The fourth-order valence-corrected chi connectivity index (χ4v) is 1.10. The van der Waals surface area contributed by atoms with Crippen molar-refractivity contribution in [3.8, 4) is 5.75 Å². The van der Waals surface area contributed by atoms with Crippen molar-refractivity contribution < 1.29 is 4.74 Å². The summed E-state index contributed by atoms with van der Waals surface area (Å²) in [5.74, 6) is 0.892.